The summed E-state index contributed by atoms with van der Waals surface area (Å²) in [6.45, 7) is 1.48. The molecule has 2 aromatic carbocycles. The average Bonchev–Trinajstić information content (AvgIpc) is 2.74. The van der Waals surface area contributed by atoms with Crippen LogP contribution in [0.3, 0.4) is 0 Å². The van der Waals surface area contributed by atoms with E-state index in [-0.39, 0.29) is 25.3 Å². The van der Waals surface area contributed by atoms with Gasteiger partial charge in [0.25, 0.3) is 0 Å². The van der Waals surface area contributed by atoms with E-state index >= 15 is 0 Å². The highest BCUT2D eigenvalue weighted by Crippen LogP contribution is 2.24. The van der Waals surface area contributed by atoms with E-state index in [1.807, 2.05) is 24.3 Å². The van der Waals surface area contributed by atoms with Crippen LogP contribution in [0.5, 0.6) is 0 Å². The van der Waals surface area contributed by atoms with Gasteiger partial charge in [0, 0.05) is 31.9 Å². The Kier molecular flexibility index (Phi) is 6.68. The van der Waals surface area contributed by atoms with E-state index in [9.17, 15) is 22.4 Å². The normalized spacial score (nSPS) is 16.1. The zero-order valence-corrected chi connectivity index (χ0v) is 17.0. The average molecular weight is 434 g/mol. The molecule has 0 unspecified atom stereocenters. The Morgan fingerprint density at radius 2 is 1.57 bits per heavy atom. The summed E-state index contributed by atoms with van der Waals surface area (Å²) in [5, 5.41) is 2.14. The second-order valence-electron chi connectivity index (χ2n) is 6.96. The van der Waals surface area contributed by atoms with Crippen molar-refractivity contribution < 1.29 is 22.4 Å². The van der Waals surface area contributed by atoms with Crippen molar-refractivity contribution in [3.8, 4) is 11.1 Å². The molecule has 1 fully saturated rings. The highest BCUT2D eigenvalue weighted by Gasteiger charge is 2.31. The van der Waals surface area contributed by atoms with Crippen LogP contribution in [0.25, 0.3) is 11.1 Å². The molecule has 0 bridgehead atoms. The van der Waals surface area contributed by atoms with Gasteiger partial charge in [-0.1, -0.05) is 24.3 Å². The summed E-state index contributed by atoms with van der Waals surface area (Å²) in [4.78, 5) is 24.0. The first-order valence-electron chi connectivity index (χ1n) is 9.38. The maximum Gasteiger partial charge on any atom is 0.241 e. The number of halogens is 1. The third kappa shape index (κ3) is 5.14. The molecule has 10 heteroatoms. The van der Waals surface area contributed by atoms with Crippen LogP contribution in [0.15, 0.2) is 48.5 Å². The van der Waals surface area contributed by atoms with Gasteiger partial charge >= 0.3 is 0 Å². The van der Waals surface area contributed by atoms with Gasteiger partial charge in [-0.3, -0.25) is 9.59 Å². The van der Waals surface area contributed by atoms with Crippen molar-refractivity contribution in [3.05, 3.63) is 54.3 Å². The van der Waals surface area contributed by atoms with Crippen LogP contribution in [-0.2, 0) is 19.6 Å². The highest BCUT2D eigenvalue weighted by atomic mass is 32.2. The molecule has 30 heavy (non-hydrogen) atoms. The number of hydrogen-bond donors (Lipinski definition) is 2. The molecule has 1 atom stereocenters. The summed E-state index contributed by atoms with van der Waals surface area (Å²) in [6.07, 6.45) is 0.262. The number of carbonyl (C=O) groups excluding carboxylic acids is 2. The zero-order valence-electron chi connectivity index (χ0n) is 16.2. The van der Waals surface area contributed by atoms with Gasteiger partial charge in [0.05, 0.1) is 5.75 Å². The van der Waals surface area contributed by atoms with Gasteiger partial charge in [-0.15, -0.1) is 0 Å². The first-order chi connectivity index (χ1) is 14.3. The number of nitrogens with zero attached hydrogens (tertiary/aromatic N) is 2. The van der Waals surface area contributed by atoms with Gasteiger partial charge in [-0.2, -0.15) is 4.31 Å². The predicted molar refractivity (Wildman–Crippen MR) is 112 cm³/mol. The number of amides is 2. The van der Waals surface area contributed by atoms with E-state index in [1.54, 1.807) is 12.1 Å². The molecule has 1 heterocycles. The number of carbonyl (C=O) groups is 2. The van der Waals surface area contributed by atoms with Crippen LogP contribution in [-0.4, -0.2) is 63.0 Å². The van der Waals surface area contributed by atoms with Crippen molar-refractivity contribution in [2.24, 2.45) is 5.73 Å². The quantitative estimate of drug-likeness (QED) is 0.589. The first kappa shape index (κ1) is 21.7. The number of nitrogens with two attached hydrogens (primary N) is 1. The molecule has 3 rings (SSSR count). The molecule has 0 saturated carbocycles. The minimum atomic E-state index is -3.75. The maximum atomic E-state index is 13.1. The highest BCUT2D eigenvalue weighted by molar-refractivity contribution is 7.89. The molecule has 8 nitrogen and oxygen atoms in total. The molecule has 160 valence electrons. The molecule has 0 aliphatic carbocycles. The fraction of sp³-hybridized carbons (Fsp3) is 0.300. The van der Waals surface area contributed by atoms with E-state index in [4.69, 9.17) is 5.73 Å². The van der Waals surface area contributed by atoms with Crippen LogP contribution < -0.4 is 16.0 Å². The molecular weight excluding hydrogens is 411 g/mol. The fourth-order valence-corrected chi connectivity index (χ4v) is 4.95. The molecule has 1 aliphatic heterocycles. The minimum absolute atomic E-state index is 0.259. The van der Waals surface area contributed by atoms with Crippen LogP contribution in [0.1, 0.15) is 0 Å². The maximum absolute atomic E-state index is 13.1. The number of hydrogen-bond acceptors (Lipinski definition) is 5. The summed E-state index contributed by atoms with van der Waals surface area (Å²) in [7, 11) is -3.75. The molecule has 0 radical (unpaired) electrons. The van der Waals surface area contributed by atoms with Gasteiger partial charge in [-0.05, 0) is 35.4 Å². The summed E-state index contributed by atoms with van der Waals surface area (Å²) in [5.74, 6) is -1.74. The van der Waals surface area contributed by atoms with Crippen molar-refractivity contribution in [1.82, 2.24) is 9.62 Å². The van der Waals surface area contributed by atoms with Crippen LogP contribution >= 0.6 is 0 Å². The van der Waals surface area contributed by atoms with E-state index in [0.717, 1.165) is 16.8 Å². The Morgan fingerprint density at radius 3 is 2.07 bits per heavy atom. The Hall–Kier alpha value is -2.98. The van der Waals surface area contributed by atoms with Crippen LogP contribution in [0, 0.1) is 5.82 Å². The Balaban J connectivity index is 1.61. The van der Waals surface area contributed by atoms with E-state index < -0.39 is 27.7 Å². The van der Waals surface area contributed by atoms with Gasteiger partial charge in [0.1, 0.15) is 11.9 Å². The topological polar surface area (TPSA) is 113 Å². The molecule has 0 spiro atoms. The molecule has 1 saturated heterocycles. The monoisotopic (exact) mass is 434 g/mol. The van der Waals surface area contributed by atoms with Crippen LogP contribution in [0.2, 0.25) is 0 Å². The van der Waals surface area contributed by atoms with Crippen molar-refractivity contribution in [1.29, 1.82) is 0 Å². The molecule has 0 aromatic heterocycles. The summed E-state index contributed by atoms with van der Waals surface area (Å²) in [6, 6.07) is 12.8. The lowest BCUT2D eigenvalue weighted by Crippen LogP contribution is -2.53. The Labute approximate surface area is 174 Å². The molecular formula is C20H23FN4O4S. The predicted octanol–water partition coefficient (Wildman–Crippen LogP) is 0.544. The van der Waals surface area contributed by atoms with Crippen molar-refractivity contribution in [2.45, 2.75) is 6.04 Å². The number of rotatable bonds is 8. The number of benzene rings is 2. The van der Waals surface area contributed by atoms with Gasteiger partial charge in [-0.25, -0.2) is 12.8 Å². The van der Waals surface area contributed by atoms with Gasteiger partial charge < -0.3 is 16.0 Å². The smallest absolute Gasteiger partial charge is 0.241 e. The van der Waals surface area contributed by atoms with Crippen molar-refractivity contribution in [2.75, 3.05) is 36.8 Å². The first-order valence-corrected chi connectivity index (χ1v) is 11.0. The lowest BCUT2D eigenvalue weighted by molar-refractivity contribution is -0.122. The number of primary amides is 1. The van der Waals surface area contributed by atoms with E-state index in [2.05, 4.69) is 10.2 Å². The van der Waals surface area contributed by atoms with Gasteiger partial charge in [0.2, 0.25) is 22.3 Å². The zero-order chi connectivity index (χ0) is 21.7. The Morgan fingerprint density at radius 1 is 1.03 bits per heavy atom. The fourth-order valence-electron chi connectivity index (χ4n) is 3.34. The summed E-state index contributed by atoms with van der Waals surface area (Å²) >= 11 is 0. The third-order valence-electron chi connectivity index (χ3n) is 5.03. The van der Waals surface area contributed by atoms with Crippen molar-refractivity contribution in [3.63, 3.8) is 0 Å². The largest absolute Gasteiger partial charge is 0.369 e. The number of sulfonamides is 1. The number of piperazine rings is 1. The van der Waals surface area contributed by atoms with Crippen molar-refractivity contribution >= 4 is 28.0 Å². The SMILES string of the molecule is NC(=O)[C@@H](CS(=O)(=O)N1CCN(c2ccc(-c3ccc(F)cc3)cc2)CC1)NC=O. The molecule has 2 aromatic rings. The van der Waals surface area contributed by atoms with Gasteiger partial charge in [0.15, 0.2) is 0 Å². The lowest BCUT2D eigenvalue weighted by Gasteiger charge is -2.35. The van der Waals surface area contributed by atoms with Crippen LogP contribution in [0.4, 0.5) is 10.1 Å². The minimum Gasteiger partial charge on any atom is -0.369 e. The number of anilines is 1. The molecule has 3 N–H and O–H groups in total. The standard InChI is InChI=1S/C20H23FN4O4S/c21-17-5-1-15(2-6-17)16-3-7-18(8-4-16)24-9-11-25(12-10-24)30(28,29)13-19(20(22)27)23-14-26/h1-8,14,19H,9-13H2,(H2,22,27)(H,23,26)/t19-/m1/s1. The van der Waals surface area contributed by atoms with E-state index in [1.165, 1.54) is 16.4 Å². The second kappa shape index (κ2) is 9.23. The molecule has 2 amide bonds. The summed E-state index contributed by atoms with van der Waals surface area (Å²) in [5.41, 5.74) is 7.97. The second-order valence-corrected chi connectivity index (χ2v) is 8.97. The summed E-state index contributed by atoms with van der Waals surface area (Å²) < 4.78 is 39.5. The van der Waals surface area contributed by atoms with E-state index in [0.29, 0.717) is 13.1 Å². The lowest BCUT2D eigenvalue weighted by atomic mass is 10.1. The third-order valence-corrected chi connectivity index (χ3v) is 6.94. The Bertz CT molecular complexity index is 988. The number of nitrogens with one attached hydrogen (secondary N) is 1. The molecule has 1 aliphatic rings.